The van der Waals surface area contributed by atoms with Crippen molar-refractivity contribution in [3.05, 3.63) is 29.3 Å². The van der Waals surface area contributed by atoms with E-state index in [1.54, 1.807) is 0 Å². The Morgan fingerprint density at radius 3 is 2.76 bits per heavy atom. The van der Waals surface area contributed by atoms with Gasteiger partial charge in [0.05, 0.1) is 0 Å². The van der Waals surface area contributed by atoms with Gasteiger partial charge in [0.25, 0.3) is 0 Å². The van der Waals surface area contributed by atoms with E-state index >= 15 is 0 Å². The molecule has 0 spiro atoms. The Bertz CT molecular complexity index is 452. The van der Waals surface area contributed by atoms with E-state index in [0.717, 1.165) is 32.2 Å². The van der Waals surface area contributed by atoms with E-state index in [1.165, 1.54) is 23.2 Å². The fourth-order valence-electron chi connectivity index (χ4n) is 3.07. The normalized spacial score (nSPS) is 23.9. The molecule has 1 aromatic rings. The Morgan fingerprint density at radius 1 is 1.18 bits per heavy atom. The Kier molecular flexibility index (Phi) is 2.65. The molecular formula is C15H19NO. The van der Waals surface area contributed by atoms with Gasteiger partial charge in [-0.25, -0.2) is 0 Å². The van der Waals surface area contributed by atoms with Gasteiger partial charge in [0, 0.05) is 18.2 Å². The maximum absolute atomic E-state index is 12.4. The molecule has 2 aliphatic heterocycles. The molecule has 0 N–H and O–H groups in total. The van der Waals surface area contributed by atoms with Crippen molar-refractivity contribution in [1.82, 2.24) is 0 Å². The van der Waals surface area contributed by atoms with Gasteiger partial charge in [0.2, 0.25) is 5.91 Å². The van der Waals surface area contributed by atoms with E-state index in [4.69, 9.17) is 0 Å². The second kappa shape index (κ2) is 4.17. The van der Waals surface area contributed by atoms with E-state index in [0.29, 0.717) is 5.91 Å². The summed E-state index contributed by atoms with van der Waals surface area (Å²) in [7, 11) is 0. The lowest BCUT2D eigenvalue weighted by Gasteiger charge is -2.24. The van der Waals surface area contributed by atoms with Gasteiger partial charge >= 0.3 is 0 Å². The van der Waals surface area contributed by atoms with Crippen LogP contribution in [0.2, 0.25) is 0 Å². The number of nitrogens with zero attached hydrogens (tertiary/aromatic N) is 1. The van der Waals surface area contributed by atoms with Gasteiger partial charge < -0.3 is 4.90 Å². The molecule has 2 heterocycles. The maximum atomic E-state index is 12.4. The van der Waals surface area contributed by atoms with Crippen LogP contribution in [0.25, 0.3) is 0 Å². The molecule has 2 aliphatic rings. The average molecular weight is 229 g/mol. The summed E-state index contributed by atoms with van der Waals surface area (Å²) < 4.78 is 0. The fourth-order valence-corrected chi connectivity index (χ4v) is 3.07. The first-order valence-corrected chi connectivity index (χ1v) is 6.69. The first-order chi connectivity index (χ1) is 8.27. The van der Waals surface area contributed by atoms with Crippen LogP contribution in [-0.2, 0) is 17.6 Å². The van der Waals surface area contributed by atoms with Crippen molar-refractivity contribution in [2.75, 3.05) is 11.4 Å². The van der Waals surface area contributed by atoms with Gasteiger partial charge in [-0.15, -0.1) is 0 Å². The van der Waals surface area contributed by atoms with E-state index in [1.807, 2.05) is 0 Å². The third-order valence-corrected chi connectivity index (χ3v) is 4.09. The number of anilines is 1. The molecule has 3 rings (SSSR count). The van der Waals surface area contributed by atoms with E-state index in [2.05, 4.69) is 30.0 Å². The summed E-state index contributed by atoms with van der Waals surface area (Å²) >= 11 is 0. The third kappa shape index (κ3) is 1.76. The lowest BCUT2D eigenvalue weighted by molar-refractivity contribution is -0.121. The van der Waals surface area contributed by atoms with Gasteiger partial charge in [0.1, 0.15) is 0 Å². The van der Waals surface area contributed by atoms with Gasteiger partial charge in [0.15, 0.2) is 0 Å². The van der Waals surface area contributed by atoms with Crippen LogP contribution < -0.4 is 4.90 Å². The standard InChI is InChI=1S/C15H19NO/c1-11-8-9-13-7-4-6-12-5-2-3-10-16(14(12)13)15(11)17/h4,6-7,11H,2-3,5,8-10H2,1H3. The minimum Gasteiger partial charge on any atom is -0.312 e. The largest absolute Gasteiger partial charge is 0.312 e. The molecule has 0 saturated carbocycles. The minimum atomic E-state index is 0.174. The molecule has 1 aromatic carbocycles. The molecule has 2 nitrogen and oxygen atoms in total. The summed E-state index contributed by atoms with van der Waals surface area (Å²) in [6.07, 6.45) is 5.50. The van der Waals surface area contributed by atoms with Crippen LogP contribution in [0.5, 0.6) is 0 Å². The van der Waals surface area contributed by atoms with Crippen molar-refractivity contribution in [2.45, 2.75) is 39.0 Å². The molecule has 0 aliphatic carbocycles. The van der Waals surface area contributed by atoms with Crippen LogP contribution in [0, 0.1) is 5.92 Å². The van der Waals surface area contributed by atoms with Crippen molar-refractivity contribution in [3.63, 3.8) is 0 Å². The Morgan fingerprint density at radius 2 is 1.94 bits per heavy atom. The summed E-state index contributed by atoms with van der Waals surface area (Å²) in [6, 6.07) is 6.54. The third-order valence-electron chi connectivity index (χ3n) is 4.09. The smallest absolute Gasteiger partial charge is 0.229 e. The number of hydrogen-bond acceptors (Lipinski definition) is 1. The molecule has 1 amide bonds. The zero-order valence-corrected chi connectivity index (χ0v) is 10.4. The zero-order chi connectivity index (χ0) is 11.8. The van der Waals surface area contributed by atoms with E-state index in [9.17, 15) is 4.79 Å². The van der Waals surface area contributed by atoms with Crippen LogP contribution in [0.15, 0.2) is 18.2 Å². The van der Waals surface area contributed by atoms with Gasteiger partial charge in [-0.3, -0.25) is 4.79 Å². The monoisotopic (exact) mass is 229 g/mol. The molecule has 0 saturated heterocycles. The maximum Gasteiger partial charge on any atom is 0.229 e. The molecule has 2 heteroatoms. The van der Waals surface area contributed by atoms with Crippen molar-refractivity contribution >= 4 is 11.6 Å². The van der Waals surface area contributed by atoms with Gasteiger partial charge in [-0.1, -0.05) is 25.1 Å². The van der Waals surface area contributed by atoms with Crippen LogP contribution in [0.4, 0.5) is 5.69 Å². The number of carbonyl (C=O) groups excluding carboxylic acids is 1. The zero-order valence-electron chi connectivity index (χ0n) is 10.4. The highest BCUT2D eigenvalue weighted by molar-refractivity contribution is 5.97. The summed E-state index contributed by atoms with van der Waals surface area (Å²) in [6.45, 7) is 2.98. The molecule has 0 aromatic heterocycles. The highest BCUT2D eigenvalue weighted by atomic mass is 16.2. The van der Waals surface area contributed by atoms with Crippen LogP contribution in [0.3, 0.4) is 0 Å². The molecule has 90 valence electrons. The molecule has 0 radical (unpaired) electrons. The summed E-state index contributed by atoms with van der Waals surface area (Å²) in [5.74, 6) is 0.506. The molecule has 0 bridgehead atoms. The summed E-state index contributed by atoms with van der Waals surface area (Å²) in [5, 5.41) is 0. The number of carbonyl (C=O) groups is 1. The van der Waals surface area contributed by atoms with E-state index < -0.39 is 0 Å². The van der Waals surface area contributed by atoms with Crippen LogP contribution >= 0.6 is 0 Å². The van der Waals surface area contributed by atoms with Crippen molar-refractivity contribution in [3.8, 4) is 0 Å². The summed E-state index contributed by atoms with van der Waals surface area (Å²) in [4.78, 5) is 14.5. The number of amides is 1. The predicted octanol–water partition coefficient (Wildman–Crippen LogP) is 2.94. The lowest BCUT2D eigenvalue weighted by atomic mass is 9.99. The first kappa shape index (κ1) is 10.8. The molecule has 0 fully saturated rings. The Balaban J connectivity index is 2.16. The second-order valence-corrected chi connectivity index (χ2v) is 5.31. The number of para-hydroxylation sites is 1. The highest BCUT2D eigenvalue weighted by Crippen LogP contribution is 2.35. The molecule has 1 atom stereocenters. The minimum absolute atomic E-state index is 0.174. The van der Waals surface area contributed by atoms with Crippen LogP contribution in [0.1, 0.15) is 37.3 Å². The number of benzene rings is 1. The Labute approximate surface area is 103 Å². The first-order valence-electron chi connectivity index (χ1n) is 6.69. The fraction of sp³-hybridized carbons (Fsp3) is 0.533. The second-order valence-electron chi connectivity index (χ2n) is 5.31. The number of hydrogen-bond donors (Lipinski definition) is 0. The predicted molar refractivity (Wildman–Crippen MR) is 69.2 cm³/mol. The molecule has 1 unspecified atom stereocenters. The van der Waals surface area contributed by atoms with Gasteiger partial charge in [-0.2, -0.15) is 0 Å². The van der Waals surface area contributed by atoms with E-state index in [-0.39, 0.29) is 5.92 Å². The van der Waals surface area contributed by atoms with Gasteiger partial charge in [-0.05, 0) is 43.2 Å². The number of aryl methyl sites for hydroxylation is 2. The quantitative estimate of drug-likeness (QED) is 0.670. The van der Waals surface area contributed by atoms with Crippen molar-refractivity contribution in [1.29, 1.82) is 0 Å². The number of rotatable bonds is 0. The lowest BCUT2D eigenvalue weighted by Crippen LogP contribution is -2.35. The van der Waals surface area contributed by atoms with Crippen LogP contribution in [-0.4, -0.2) is 12.5 Å². The summed E-state index contributed by atoms with van der Waals surface area (Å²) in [5.41, 5.74) is 4.00. The highest BCUT2D eigenvalue weighted by Gasteiger charge is 2.29. The Hall–Kier alpha value is -1.31. The average Bonchev–Trinajstić information content (AvgIpc) is 2.62. The molecular weight excluding hydrogens is 210 g/mol. The topological polar surface area (TPSA) is 20.3 Å². The van der Waals surface area contributed by atoms with Crippen molar-refractivity contribution < 1.29 is 4.79 Å². The van der Waals surface area contributed by atoms with Crippen molar-refractivity contribution in [2.24, 2.45) is 5.92 Å². The SMILES string of the molecule is CC1CCc2cccc3c2N(CCCC3)C1=O. The molecule has 17 heavy (non-hydrogen) atoms.